The number of benzene rings is 1. The van der Waals surface area contributed by atoms with Crippen LogP contribution in [0.5, 0.6) is 0 Å². The molecule has 2 nitrogen and oxygen atoms in total. The zero-order valence-electron chi connectivity index (χ0n) is 11.5. The molecule has 1 aliphatic rings. The van der Waals surface area contributed by atoms with Crippen LogP contribution in [0.25, 0.3) is 0 Å². The fraction of sp³-hybridized carbons (Fsp3) is 0.600. The maximum Gasteiger partial charge on any atom is 0.0612 e. The first-order valence-electron chi connectivity index (χ1n) is 7.13. The summed E-state index contributed by atoms with van der Waals surface area (Å²) in [6.07, 6.45) is 4.92. The van der Waals surface area contributed by atoms with Crippen molar-refractivity contribution < 1.29 is 0 Å². The zero-order valence-corrected chi connectivity index (χ0v) is 13.0. The molecule has 1 aliphatic heterocycles. The SMILES string of the molecule is CCCN1CCCC(Nc2ccc(Cl)c(Cl)c2)CC1. The highest BCUT2D eigenvalue weighted by molar-refractivity contribution is 6.42. The lowest BCUT2D eigenvalue weighted by Gasteiger charge is -2.20. The first kappa shape index (κ1) is 15.0. The van der Waals surface area contributed by atoms with Gasteiger partial charge in [-0.1, -0.05) is 30.1 Å². The Morgan fingerprint density at radius 3 is 2.79 bits per heavy atom. The van der Waals surface area contributed by atoms with E-state index in [1.165, 1.54) is 45.3 Å². The van der Waals surface area contributed by atoms with Crippen molar-refractivity contribution in [3.05, 3.63) is 28.2 Å². The molecule has 1 atom stereocenters. The van der Waals surface area contributed by atoms with Gasteiger partial charge in [0.2, 0.25) is 0 Å². The van der Waals surface area contributed by atoms with Gasteiger partial charge in [-0.2, -0.15) is 0 Å². The third kappa shape index (κ3) is 4.55. The van der Waals surface area contributed by atoms with Gasteiger partial charge in [0.15, 0.2) is 0 Å². The third-order valence-electron chi connectivity index (χ3n) is 3.65. The molecule has 0 spiro atoms. The molecule has 2 rings (SSSR count). The van der Waals surface area contributed by atoms with Crippen molar-refractivity contribution >= 4 is 28.9 Å². The maximum absolute atomic E-state index is 6.05. The molecule has 1 heterocycles. The number of nitrogens with zero attached hydrogens (tertiary/aromatic N) is 1. The molecule has 0 amide bonds. The summed E-state index contributed by atoms with van der Waals surface area (Å²) in [4.78, 5) is 2.57. The molecule has 4 heteroatoms. The number of hydrogen-bond donors (Lipinski definition) is 1. The summed E-state index contributed by atoms with van der Waals surface area (Å²) in [6, 6.07) is 6.31. The molecule has 1 fully saturated rings. The van der Waals surface area contributed by atoms with Crippen molar-refractivity contribution in [2.45, 2.75) is 38.6 Å². The number of likely N-dealkylation sites (tertiary alicyclic amines) is 1. The number of hydrogen-bond acceptors (Lipinski definition) is 2. The summed E-state index contributed by atoms with van der Waals surface area (Å²) < 4.78 is 0. The molecular weight excluding hydrogens is 279 g/mol. The summed E-state index contributed by atoms with van der Waals surface area (Å²) >= 11 is 12.0. The van der Waals surface area contributed by atoms with Gasteiger partial charge in [-0.3, -0.25) is 0 Å². The normalized spacial score (nSPS) is 21.1. The quantitative estimate of drug-likeness (QED) is 0.869. The van der Waals surface area contributed by atoms with Gasteiger partial charge in [-0.05, 0) is 57.0 Å². The molecule has 1 unspecified atom stereocenters. The van der Waals surface area contributed by atoms with Gasteiger partial charge in [0.1, 0.15) is 0 Å². The Bertz CT molecular complexity index is 409. The van der Waals surface area contributed by atoms with Gasteiger partial charge in [-0.15, -0.1) is 0 Å². The van der Waals surface area contributed by atoms with E-state index in [2.05, 4.69) is 17.1 Å². The predicted molar refractivity (Wildman–Crippen MR) is 84.5 cm³/mol. The Morgan fingerprint density at radius 2 is 2.05 bits per heavy atom. The second-order valence-electron chi connectivity index (χ2n) is 5.24. The van der Waals surface area contributed by atoms with E-state index in [-0.39, 0.29) is 0 Å². The first-order valence-corrected chi connectivity index (χ1v) is 7.88. The minimum Gasteiger partial charge on any atom is -0.382 e. The highest BCUT2D eigenvalue weighted by Crippen LogP contribution is 2.26. The van der Waals surface area contributed by atoms with Gasteiger partial charge in [0.25, 0.3) is 0 Å². The molecule has 1 saturated heterocycles. The summed E-state index contributed by atoms with van der Waals surface area (Å²) in [6.45, 7) is 5.88. The molecule has 0 saturated carbocycles. The van der Waals surface area contributed by atoms with Crippen LogP contribution in [0.1, 0.15) is 32.6 Å². The molecule has 0 radical (unpaired) electrons. The average molecular weight is 301 g/mol. The predicted octanol–water partition coefficient (Wildman–Crippen LogP) is 4.67. The third-order valence-corrected chi connectivity index (χ3v) is 4.39. The van der Waals surface area contributed by atoms with E-state index in [1.54, 1.807) is 0 Å². The zero-order chi connectivity index (χ0) is 13.7. The molecule has 0 aromatic heterocycles. The summed E-state index contributed by atoms with van der Waals surface area (Å²) in [7, 11) is 0. The van der Waals surface area contributed by atoms with Gasteiger partial charge >= 0.3 is 0 Å². The Hall–Kier alpha value is -0.440. The molecule has 106 valence electrons. The van der Waals surface area contributed by atoms with Crippen molar-refractivity contribution in [2.24, 2.45) is 0 Å². The monoisotopic (exact) mass is 300 g/mol. The van der Waals surface area contributed by atoms with Gasteiger partial charge in [0, 0.05) is 18.3 Å². The first-order chi connectivity index (χ1) is 9.19. The molecule has 19 heavy (non-hydrogen) atoms. The van der Waals surface area contributed by atoms with Crippen molar-refractivity contribution in [1.29, 1.82) is 0 Å². The minimum absolute atomic E-state index is 0.541. The van der Waals surface area contributed by atoms with Crippen molar-refractivity contribution in [3.63, 3.8) is 0 Å². The topological polar surface area (TPSA) is 15.3 Å². The van der Waals surface area contributed by atoms with Crippen LogP contribution in [0.15, 0.2) is 18.2 Å². The fourth-order valence-corrected chi connectivity index (χ4v) is 2.96. The number of rotatable bonds is 4. The van der Waals surface area contributed by atoms with E-state index in [1.807, 2.05) is 18.2 Å². The molecule has 1 N–H and O–H groups in total. The summed E-state index contributed by atoms with van der Waals surface area (Å²) in [5.74, 6) is 0. The van der Waals surface area contributed by atoms with Crippen LogP contribution in [0.4, 0.5) is 5.69 Å². The van der Waals surface area contributed by atoms with Crippen molar-refractivity contribution in [1.82, 2.24) is 4.90 Å². The maximum atomic E-state index is 6.05. The Balaban J connectivity index is 1.90. The Labute approximate surface area is 126 Å². The van der Waals surface area contributed by atoms with Crippen molar-refractivity contribution in [3.8, 4) is 0 Å². The molecule has 0 aliphatic carbocycles. The average Bonchev–Trinajstić information content (AvgIpc) is 2.60. The number of nitrogens with one attached hydrogen (secondary N) is 1. The van der Waals surface area contributed by atoms with Gasteiger partial charge in [0.05, 0.1) is 10.0 Å². The van der Waals surface area contributed by atoms with Crippen LogP contribution in [-0.4, -0.2) is 30.6 Å². The lowest BCUT2D eigenvalue weighted by Crippen LogP contribution is -2.27. The highest BCUT2D eigenvalue weighted by Gasteiger charge is 2.16. The Morgan fingerprint density at radius 1 is 1.21 bits per heavy atom. The minimum atomic E-state index is 0.541. The van der Waals surface area contributed by atoms with Crippen molar-refractivity contribution in [2.75, 3.05) is 25.0 Å². The summed E-state index contributed by atoms with van der Waals surface area (Å²) in [5.41, 5.74) is 1.07. The lowest BCUT2D eigenvalue weighted by molar-refractivity contribution is 0.285. The van der Waals surface area contributed by atoms with E-state index < -0.39 is 0 Å². The van der Waals surface area contributed by atoms with E-state index in [0.717, 1.165) is 5.69 Å². The second-order valence-corrected chi connectivity index (χ2v) is 6.06. The van der Waals surface area contributed by atoms with E-state index in [0.29, 0.717) is 16.1 Å². The highest BCUT2D eigenvalue weighted by atomic mass is 35.5. The van der Waals surface area contributed by atoms with Crippen LogP contribution in [0.3, 0.4) is 0 Å². The molecular formula is C15H22Cl2N2. The number of halogens is 2. The van der Waals surface area contributed by atoms with Crippen LogP contribution >= 0.6 is 23.2 Å². The van der Waals surface area contributed by atoms with E-state index in [9.17, 15) is 0 Å². The van der Waals surface area contributed by atoms with Crippen LogP contribution in [0, 0.1) is 0 Å². The molecule has 1 aromatic carbocycles. The van der Waals surface area contributed by atoms with Crippen LogP contribution in [0.2, 0.25) is 10.0 Å². The fourth-order valence-electron chi connectivity index (χ4n) is 2.66. The van der Waals surface area contributed by atoms with E-state index in [4.69, 9.17) is 23.2 Å². The molecule has 1 aromatic rings. The standard InChI is InChI=1S/C15H22Cl2N2/c1-2-8-19-9-3-4-12(7-10-19)18-13-5-6-14(16)15(17)11-13/h5-6,11-12,18H,2-4,7-10H2,1H3. The Kier molecular flexibility index (Phi) is 5.80. The number of anilines is 1. The van der Waals surface area contributed by atoms with Gasteiger partial charge in [-0.25, -0.2) is 0 Å². The van der Waals surface area contributed by atoms with Crippen LogP contribution in [-0.2, 0) is 0 Å². The summed E-state index contributed by atoms with van der Waals surface area (Å²) in [5, 5.41) is 4.81. The molecule has 0 bridgehead atoms. The lowest BCUT2D eigenvalue weighted by atomic mass is 10.1. The van der Waals surface area contributed by atoms with E-state index >= 15 is 0 Å². The smallest absolute Gasteiger partial charge is 0.0612 e. The second kappa shape index (κ2) is 7.37. The van der Waals surface area contributed by atoms with Gasteiger partial charge < -0.3 is 10.2 Å². The van der Waals surface area contributed by atoms with Crippen LogP contribution < -0.4 is 5.32 Å². The largest absolute Gasteiger partial charge is 0.382 e.